The summed E-state index contributed by atoms with van der Waals surface area (Å²) in [7, 11) is 1.80. The van der Waals surface area contributed by atoms with Gasteiger partial charge in [-0.15, -0.1) is 0 Å². The predicted molar refractivity (Wildman–Crippen MR) is 92.0 cm³/mol. The number of hydrogen-bond acceptors (Lipinski definition) is 6. The molecule has 9 heteroatoms. The van der Waals surface area contributed by atoms with E-state index in [0.717, 1.165) is 21.1 Å². The van der Waals surface area contributed by atoms with Crippen molar-refractivity contribution in [3.63, 3.8) is 0 Å². The van der Waals surface area contributed by atoms with Crippen LogP contribution >= 0.6 is 0 Å². The third kappa shape index (κ3) is 3.08. The van der Waals surface area contributed by atoms with Gasteiger partial charge in [-0.25, -0.2) is 19.4 Å². The smallest absolute Gasteiger partial charge is 0.282 e. The fraction of sp³-hybridized carbons (Fsp3) is 0.353. The van der Waals surface area contributed by atoms with Crippen LogP contribution in [0.2, 0.25) is 0 Å². The summed E-state index contributed by atoms with van der Waals surface area (Å²) in [5, 5.41) is 4.08. The van der Waals surface area contributed by atoms with Crippen molar-refractivity contribution in [1.29, 1.82) is 0 Å². The zero-order valence-electron chi connectivity index (χ0n) is 14.9. The standard InChI is InChI=1S/C17H20N6O3/c1-4-21-15(24)16(25)22(17(21)26)11-20(3)12(2)13-5-7-14(8-6-13)23-10-18-9-19-23/h5-10,12H,4,11H2,1-3H3/t12-/m0/s1. The van der Waals surface area contributed by atoms with E-state index in [1.165, 1.54) is 6.33 Å². The van der Waals surface area contributed by atoms with Crippen LogP contribution in [0.1, 0.15) is 25.5 Å². The molecule has 0 unspecified atom stereocenters. The molecule has 136 valence electrons. The quantitative estimate of drug-likeness (QED) is 0.567. The van der Waals surface area contributed by atoms with Gasteiger partial charge in [0, 0.05) is 12.6 Å². The number of imide groups is 2. The Bertz CT molecular complexity index is 818. The number of nitrogens with zero attached hydrogens (tertiary/aromatic N) is 6. The molecule has 1 saturated heterocycles. The molecule has 0 saturated carbocycles. The first-order chi connectivity index (χ1) is 12.4. The Morgan fingerprint density at radius 2 is 1.73 bits per heavy atom. The van der Waals surface area contributed by atoms with Gasteiger partial charge >= 0.3 is 17.8 Å². The molecular weight excluding hydrogens is 336 g/mol. The molecule has 1 fully saturated rings. The summed E-state index contributed by atoms with van der Waals surface area (Å²) in [5.74, 6) is -1.55. The third-order valence-corrected chi connectivity index (χ3v) is 4.54. The maximum Gasteiger partial charge on any atom is 0.335 e. The molecule has 1 aliphatic heterocycles. The summed E-state index contributed by atoms with van der Waals surface area (Å²) in [4.78, 5) is 43.7. The Morgan fingerprint density at radius 1 is 1.08 bits per heavy atom. The lowest BCUT2D eigenvalue weighted by Crippen LogP contribution is -2.41. The molecule has 2 heterocycles. The van der Waals surface area contributed by atoms with Gasteiger partial charge in [-0.3, -0.25) is 19.4 Å². The van der Waals surface area contributed by atoms with Gasteiger partial charge in [0.2, 0.25) is 0 Å². The van der Waals surface area contributed by atoms with Gasteiger partial charge in [0.25, 0.3) is 0 Å². The van der Waals surface area contributed by atoms with Crippen LogP contribution in [-0.2, 0) is 9.59 Å². The number of carbonyl (C=O) groups excluding carboxylic acids is 3. The van der Waals surface area contributed by atoms with E-state index >= 15 is 0 Å². The molecule has 0 N–H and O–H groups in total. The molecule has 1 aromatic carbocycles. The zero-order valence-corrected chi connectivity index (χ0v) is 14.9. The average molecular weight is 356 g/mol. The second kappa shape index (κ2) is 7.04. The van der Waals surface area contributed by atoms with Gasteiger partial charge in [-0.1, -0.05) is 12.1 Å². The maximum absolute atomic E-state index is 12.2. The van der Waals surface area contributed by atoms with E-state index < -0.39 is 17.8 Å². The van der Waals surface area contributed by atoms with Crippen LogP contribution in [0.25, 0.3) is 5.69 Å². The second-order valence-corrected chi connectivity index (χ2v) is 6.07. The number of aromatic nitrogens is 3. The summed E-state index contributed by atoms with van der Waals surface area (Å²) in [6.07, 6.45) is 3.08. The Balaban J connectivity index is 1.70. The van der Waals surface area contributed by atoms with Gasteiger partial charge in [0.05, 0.1) is 12.4 Å². The zero-order chi connectivity index (χ0) is 18.8. The van der Waals surface area contributed by atoms with Crippen LogP contribution in [-0.4, -0.2) is 67.6 Å². The van der Waals surface area contributed by atoms with E-state index in [0.29, 0.717) is 0 Å². The van der Waals surface area contributed by atoms with E-state index in [1.54, 1.807) is 25.0 Å². The highest BCUT2D eigenvalue weighted by Crippen LogP contribution is 2.22. The minimum absolute atomic E-state index is 0.0475. The first-order valence-electron chi connectivity index (χ1n) is 8.26. The molecule has 26 heavy (non-hydrogen) atoms. The van der Waals surface area contributed by atoms with Crippen LogP contribution in [0.3, 0.4) is 0 Å². The van der Waals surface area contributed by atoms with E-state index in [1.807, 2.05) is 36.1 Å². The lowest BCUT2D eigenvalue weighted by Gasteiger charge is -2.28. The lowest BCUT2D eigenvalue weighted by molar-refractivity contribution is -0.143. The summed E-state index contributed by atoms with van der Waals surface area (Å²) in [6.45, 7) is 3.86. The Morgan fingerprint density at radius 3 is 2.27 bits per heavy atom. The summed E-state index contributed by atoms with van der Waals surface area (Å²) in [6, 6.07) is 7.12. The second-order valence-electron chi connectivity index (χ2n) is 6.07. The number of benzene rings is 1. The molecule has 0 aliphatic carbocycles. The van der Waals surface area contributed by atoms with Crippen molar-refractivity contribution in [2.45, 2.75) is 19.9 Å². The van der Waals surface area contributed by atoms with Gasteiger partial charge in [-0.05, 0) is 38.6 Å². The van der Waals surface area contributed by atoms with Crippen LogP contribution in [0, 0.1) is 0 Å². The molecular formula is C17H20N6O3. The summed E-state index contributed by atoms with van der Waals surface area (Å²) in [5.41, 5.74) is 1.89. The molecule has 0 radical (unpaired) electrons. The van der Waals surface area contributed by atoms with Crippen molar-refractivity contribution in [2.24, 2.45) is 0 Å². The van der Waals surface area contributed by atoms with Crippen LogP contribution < -0.4 is 0 Å². The molecule has 9 nitrogen and oxygen atoms in total. The SMILES string of the molecule is CCN1C(=O)C(=O)N(CN(C)[C@@H](C)c2ccc(-n3cncn3)cc2)C1=O. The number of amides is 4. The van der Waals surface area contributed by atoms with Gasteiger partial charge < -0.3 is 0 Å². The van der Waals surface area contributed by atoms with Crippen molar-refractivity contribution >= 4 is 17.8 Å². The number of likely N-dealkylation sites (N-methyl/N-ethyl adjacent to an activating group) is 1. The minimum atomic E-state index is -0.780. The molecule has 3 rings (SSSR count). The van der Waals surface area contributed by atoms with Crippen molar-refractivity contribution in [1.82, 2.24) is 29.5 Å². The highest BCUT2D eigenvalue weighted by molar-refractivity contribution is 6.44. The highest BCUT2D eigenvalue weighted by Gasteiger charge is 2.44. The van der Waals surface area contributed by atoms with E-state index in [9.17, 15) is 14.4 Å². The molecule has 1 aromatic heterocycles. The maximum atomic E-state index is 12.2. The lowest BCUT2D eigenvalue weighted by atomic mass is 10.1. The van der Waals surface area contributed by atoms with Crippen molar-refractivity contribution < 1.29 is 14.4 Å². The molecule has 0 spiro atoms. The summed E-state index contributed by atoms with van der Waals surface area (Å²) < 4.78 is 1.66. The van der Waals surface area contributed by atoms with E-state index in [-0.39, 0.29) is 19.3 Å². The monoisotopic (exact) mass is 356 g/mol. The number of hydrogen-bond donors (Lipinski definition) is 0. The van der Waals surface area contributed by atoms with E-state index in [4.69, 9.17) is 0 Å². The normalized spacial score (nSPS) is 16.1. The molecule has 2 aromatic rings. The fourth-order valence-electron chi connectivity index (χ4n) is 2.80. The summed E-state index contributed by atoms with van der Waals surface area (Å²) >= 11 is 0. The Hall–Kier alpha value is -3.07. The Labute approximate surface area is 150 Å². The minimum Gasteiger partial charge on any atom is -0.282 e. The van der Waals surface area contributed by atoms with Crippen LogP contribution in [0.15, 0.2) is 36.9 Å². The van der Waals surface area contributed by atoms with Crippen LogP contribution in [0.4, 0.5) is 4.79 Å². The average Bonchev–Trinajstić information content (AvgIpc) is 3.25. The first kappa shape index (κ1) is 17.7. The predicted octanol–water partition coefficient (Wildman–Crippen LogP) is 1.03. The Kier molecular flexibility index (Phi) is 4.81. The largest absolute Gasteiger partial charge is 0.335 e. The topological polar surface area (TPSA) is 91.6 Å². The van der Waals surface area contributed by atoms with Gasteiger partial charge in [-0.2, -0.15) is 5.10 Å². The molecule has 4 amide bonds. The molecule has 1 aliphatic rings. The highest BCUT2D eigenvalue weighted by atomic mass is 16.2. The van der Waals surface area contributed by atoms with Gasteiger partial charge in [0.1, 0.15) is 12.7 Å². The molecule has 0 bridgehead atoms. The third-order valence-electron chi connectivity index (χ3n) is 4.54. The first-order valence-corrected chi connectivity index (χ1v) is 8.26. The number of rotatable bonds is 6. The molecule has 1 atom stereocenters. The van der Waals surface area contributed by atoms with E-state index in [2.05, 4.69) is 10.1 Å². The number of carbonyl (C=O) groups is 3. The van der Waals surface area contributed by atoms with Crippen molar-refractivity contribution in [2.75, 3.05) is 20.3 Å². The fourth-order valence-corrected chi connectivity index (χ4v) is 2.80. The van der Waals surface area contributed by atoms with Gasteiger partial charge in [0.15, 0.2) is 0 Å². The van der Waals surface area contributed by atoms with Crippen molar-refractivity contribution in [3.05, 3.63) is 42.5 Å². The number of urea groups is 1. The van der Waals surface area contributed by atoms with Crippen molar-refractivity contribution in [3.8, 4) is 5.69 Å². The van der Waals surface area contributed by atoms with Crippen LogP contribution in [0.5, 0.6) is 0 Å².